The van der Waals surface area contributed by atoms with Crippen LogP contribution in [0.4, 0.5) is 0 Å². The first-order valence-corrected chi connectivity index (χ1v) is 23.5. The Bertz CT molecular complexity index is 3030. The SMILES string of the molecule is CC1(C)c2cc(-c3cccc(-c4cccc(-c5cc(-c6ccccc6)nc(-c6ccc7cnc8ccccc8c7c6)c5)c4)c3)ccc2-c2ccc([Si](C)(C)C)cc21. The summed E-state index contributed by atoms with van der Waals surface area (Å²) in [5.41, 5.74) is 17.8. The van der Waals surface area contributed by atoms with E-state index in [1.54, 1.807) is 0 Å². The van der Waals surface area contributed by atoms with Gasteiger partial charge in [0.25, 0.3) is 0 Å². The summed E-state index contributed by atoms with van der Waals surface area (Å²) in [5.74, 6) is 0. The largest absolute Gasteiger partial charge is 0.256 e. The highest BCUT2D eigenvalue weighted by atomic mass is 28.3. The molecule has 0 saturated heterocycles. The summed E-state index contributed by atoms with van der Waals surface area (Å²) < 4.78 is 0. The molecule has 1 aliphatic carbocycles. The third kappa shape index (κ3) is 6.20. The first-order valence-electron chi connectivity index (χ1n) is 20.0. The highest BCUT2D eigenvalue weighted by Crippen LogP contribution is 2.49. The number of rotatable bonds is 6. The van der Waals surface area contributed by atoms with Crippen LogP contribution in [0.25, 0.3) is 88.7 Å². The molecule has 2 aromatic heterocycles. The second-order valence-corrected chi connectivity index (χ2v) is 22.2. The van der Waals surface area contributed by atoms with Gasteiger partial charge in [-0.25, -0.2) is 4.98 Å². The molecule has 2 nitrogen and oxygen atoms in total. The molecule has 7 aromatic carbocycles. The van der Waals surface area contributed by atoms with E-state index in [0.29, 0.717) is 0 Å². The number of para-hydroxylation sites is 1. The second kappa shape index (κ2) is 13.4. The molecule has 1 aliphatic rings. The van der Waals surface area contributed by atoms with Crippen LogP contribution in [0.1, 0.15) is 25.0 Å². The van der Waals surface area contributed by atoms with Gasteiger partial charge in [0.1, 0.15) is 0 Å². The van der Waals surface area contributed by atoms with Gasteiger partial charge in [0.2, 0.25) is 0 Å². The molecule has 0 aliphatic heterocycles. The Morgan fingerprint density at radius 1 is 0.421 bits per heavy atom. The number of nitrogens with zero attached hydrogens (tertiary/aromatic N) is 2. The van der Waals surface area contributed by atoms with Gasteiger partial charge in [-0.3, -0.25) is 4.98 Å². The van der Waals surface area contributed by atoms with Crippen molar-refractivity contribution in [3.8, 4) is 67.0 Å². The van der Waals surface area contributed by atoms with E-state index in [1.165, 1.54) is 55.1 Å². The smallest absolute Gasteiger partial charge is 0.0776 e. The van der Waals surface area contributed by atoms with Gasteiger partial charge in [-0.15, -0.1) is 0 Å². The molecular formula is C54H44N2Si. The maximum atomic E-state index is 5.26. The third-order valence-electron chi connectivity index (χ3n) is 12.0. The van der Waals surface area contributed by atoms with E-state index in [-0.39, 0.29) is 5.41 Å². The van der Waals surface area contributed by atoms with E-state index in [9.17, 15) is 0 Å². The number of fused-ring (bicyclic) bond motifs is 6. The Labute approximate surface area is 336 Å². The molecule has 9 aromatic rings. The molecule has 0 saturated carbocycles. The molecular weight excluding hydrogens is 705 g/mol. The number of hydrogen-bond donors (Lipinski definition) is 0. The minimum Gasteiger partial charge on any atom is -0.256 e. The molecule has 0 unspecified atom stereocenters. The number of pyridine rings is 2. The highest BCUT2D eigenvalue weighted by molar-refractivity contribution is 6.88. The van der Waals surface area contributed by atoms with Crippen molar-refractivity contribution in [1.82, 2.24) is 9.97 Å². The van der Waals surface area contributed by atoms with Gasteiger partial charge in [0.15, 0.2) is 0 Å². The van der Waals surface area contributed by atoms with Crippen LogP contribution in [0.15, 0.2) is 176 Å². The average molecular weight is 749 g/mol. The molecule has 0 bridgehead atoms. The molecule has 3 heteroatoms. The maximum absolute atomic E-state index is 5.26. The van der Waals surface area contributed by atoms with Crippen LogP contribution in [-0.2, 0) is 5.41 Å². The zero-order valence-electron chi connectivity index (χ0n) is 33.1. The summed E-state index contributed by atoms with van der Waals surface area (Å²) in [5, 5.41) is 4.98. The average Bonchev–Trinajstić information content (AvgIpc) is 3.48. The van der Waals surface area contributed by atoms with Crippen LogP contribution >= 0.6 is 0 Å². The van der Waals surface area contributed by atoms with Crippen molar-refractivity contribution in [2.75, 3.05) is 0 Å². The summed E-state index contributed by atoms with van der Waals surface area (Å²) in [7, 11) is -1.43. The van der Waals surface area contributed by atoms with Crippen molar-refractivity contribution >= 4 is 34.9 Å². The highest BCUT2D eigenvalue weighted by Gasteiger charge is 2.36. The number of hydrogen-bond acceptors (Lipinski definition) is 2. The molecule has 0 amide bonds. The summed E-state index contributed by atoms with van der Waals surface area (Å²) in [4.78, 5) is 9.96. The molecule has 0 N–H and O–H groups in total. The predicted molar refractivity (Wildman–Crippen MR) is 245 cm³/mol. The van der Waals surface area contributed by atoms with E-state index in [0.717, 1.165) is 49.9 Å². The first kappa shape index (κ1) is 35.0. The van der Waals surface area contributed by atoms with Gasteiger partial charge in [-0.05, 0) is 103 Å². The van der Waals surface area contributed by atoms with E-state index >= 15 is 0 Å². The summed E-state index contributed by atoms with van der Waals surface area (Å²) >= 11 is 0. The van der Waals surface area contributed by atoms with Gasteiger partial charge >= 0.3 is 0 Å². The molecule has 0 fully saturated rings. The van der Waals surface area contributed by atoms with Crippen molar-refractivity contribution in [1.29, 1.82) is 0 Å². The van der Waals surface area contributed by atoms with Crippen LogP contribution in [0, 0.1) is 0 Å². The van der Waals surface area contributed by atoms with Crippen molar-refractivity contribution in [3.63, 3.8) is 0 Å². The van der Waals surface area contributed by atoms with Crippen LogP contribution in [0.5, 0.6) is 0 Å². The fourth-order valence-corrected chi connectivity index (χ4v) is 9.92. The quantitative estimate of drug-likeness (QED) is 0.125. The van der Waals surface area contributed by atoms with Gasteiger partial charge in [0.05, 0.1) is 25.0 Å². The van der Waals surface area contributed by atoms with E-state index in [2.05, 4.69) is 197 Å². The summed E-state index contributed by atoms with van der Waals surface area (Å²) in [6.45, 7) is 12.1. The third-order valence-corrected chi connectivity index (χ3v) is 14.1. The fourth-order valence-electron chi connectivity index (χ4n) is 8.76. The number of benzene rings is 7. The standard InChI is InChI=1S/C54H44N2Si/c1-54(2)49-30-40(23-25-45(49)46-26-24-44(33-50(46)54)57(3,4)5)38-17-11-15-36(27-38)37-16-12-18-39(28-37)43-31-52(35-13-7-6-8-14-35)56-53(32-43)41-21-22-42-34-55-51-20-10-9-19-47(51)48(42)29-41/h6-34H,1-5H3. The van der Waals surface area contributed by atoms with Crippen LogP contribution in [0.3, 0.4) is 0 Å². The molecule has 0 radical (unpaired) electrons. The maximum Gasteiger partial charge on any atom is 0.0776 e. The minimum atomic E-state index is -1.43. The van der Waals surface area contributed by atoms with Gasteiger partial charge in [-0.1, -0.05) is 166 Å². The summed E-state index contributed by atoms with van der Waals surface area (Å²) in [6.07, 6.45) is 1.97. The van der Waals surface area contributed by atoms with Crippen molar-refractivity contribution in [2.45, 2.75) is 38.9 Å². The Balaban J connectivity index is 1.03. The Morgan fingerprint density at radius 3 is 1.68 bits per heavy atom. The predicted octanol–water partition coefficient (Wildman–Crippen LogP) is 14.0. The van der Waals surface area contributed by atoms with Crippen molar-refractivity contribution in [2.24, 2.45) is 0 Å². The second-order valence-electron chi connectivity index (χ2n) is 17.1. The Morgan fingerprint density at radius 2 is 0.982 bits per heavy atom. The van der Waals surface area contributed by atoms with Crippen molar-refractivity contribution in [3.05, 3.63) is 187 Å². The lowest BCUT2D eigenvalue weighted by Gasteiger charge is -2.24. The number of aromatic nitrogens is 2. The lowest BCUT2D eigenvalue weighted by atomic mass is 9.81. The molecule has 2 heterocycles. The molecule has 10 rings (SSSR count). The van der Waals surface area contributed by atoms with E-state index in [1.807, 2.05) is 12.3 Å². The molecule has 57 heavy (non-hydrogen) atoms. The minimum absolute atomic E-state index is 0.0535. The molecule has 0 spiro atoms. The zero-order chi connectivity index (χ0) is 38.9. The van der Waals surface area contributed by atoms with E-state index < -0.39 is 8.07 Å². The van der Waals surface area contributed by atoms with Gasteiger partial charge < -0.3 is 0 Å². The Hall–Kier alpha value is -6.42. The Kier molecular flexibility index (Phi) is 8.21. The monoisotopic (exact) mass is 748 g/mol. The van der Waals surface area contributed by atoms with Crippen LogP contribution < -0.4 is 5.19 Å². The normalized spacial score (nSPS) is 13.1. The van der Waals surface area contributed by atoms with Crippen LogP contribution in [0.2, 0.25) is 19.6 Å². The zero-order valence-corrected chi connectivity index (χ0v) is 34.1. The van der Waals surface area contributed by atoms with Crippen LogP contribution in [-0.4, -0.2) is 18.0 Å². The van der Waals surface area contributed by atoms with Gasteiger partial charge in [0, 0.05) is 33.5 Å². The topological polar surface area (TPSA) is 25.8 Å². The summed E-state index contributed by atoms with van der Waals surface area (Å²) in [6, 6.07) is 62.2. The van der Waals surface area contributed by atoms with E-state index in [4.69, 9.17) is 9.97 Å². The first-order chi connectivity index (χ1) is 27.6. The lowest BCUT2D eigenvalue weighted by Crippen LogP contribution is -2.38. The molecule has 274 valence electrons. The fraction of sp³-hybridized carbons (Fsp3) is 0.111. The van der Waals surface area contributed by atoms with Crippen molar-refractivity contribution < 1.29 is 0 Å². The lowest BCUT2D eigenvalue weighted by molar-refractivity contribution is 0.661. The van der Waals surface area contributed by atoms with Gasteiger partial charge in [-0.2, -0.15) is 0 Å². The molecule has 0 atom stereocenters.